The van der Waals surface area contributed by atoms with Crippen LogP contribution in [0.3, 0.4) is 0 Å². The van der Waals surface area contributed by atoms with Crippen LogP contribution in [0.2, 0.25) is 0 Å². The van der Waals surface area contributed by atoms with Gasteiger partial charge in [0.25, 0.3) is 0 Å². The summed E-state index contributed by atoms with van der Waals surface area (Å²) >= 11 is 0. The van der Waals surface area contributed by atoms with Crippen LogP contribution >= 0.6 is 0 Å². The Kier molecular flexibility index (Phi) is 24.3. The zero-order chi connectivity index (χ0) is 49.1. The van der Waals surface area contributed by atoms with Gasteiger partial charge in [-0.15, -0.1) is 0 Å². The molecule has 66 heavy (non-hydrogen) atoms. The van der Waals surface area contributed by atoms with Crippen molar-refractivity contribution < 1.29 is 84.3 Å². The Bertz CT molecular complexity index is 1680. The lowest BCUT2D eigenvalue weighted by atomic mass is 9.82. The molecule has 0 aliphatic carbocycles. The molecule has 3 aliphatic rings. The molecule has 18 heteroatoms. The Morgan fingerprint density at radius 2 is 1.24 bits per heavy atom. The van der Waals surface area contributed by atoms with Crippen molar-refractivity contribution in [2.75, 3.05) is 7.11 Å². The first-order valence-electron chi connectivity index (χ1n) is 22.7. The van der Waals surface area contributed by atoms with Crippen molar-refractivity contribution in [2.24, 2.45) is 23.5 Å². The SMILES string of the molecule is COC(=O)[C@H]1[C@@H]2C[C@@H](O[C@@H]3O[C@H](C)[C@@H](O)[C@H](N)[C@@H]3O)\C=C/C=C\C=C/C=C\C=C/C=C\C=C/[C@H](C)[C@@H](O)[C@H](C)[C@H](C)OC(=O)C[C@H](O)C[C@H](O)[C@@H](O)CC[C@H](O)C[C@H](O)C[C@](O)(C[C@@H]1O)O2. The molecule has 2 fully saturated rings. The number of esters is 2. The molecule has 374 valence electrons. The second kappa shape index (κ2) is 28.1. The third-order valence-electron chi connectivity index (χ3n) is 12.2. The van der Waals surface area contributed by atoms with E-state index in [4.69, 9.17) is 29.4 Å². The van der Waals surface area contributed by atoms with Gasteiger partial charge in [-0.1, -0.05) is 98.9 Å². The van der Waals surface area contributed by atoms with Gasteiger partial charge >= 0.3 is 11.9 Å². The summed E-state index contributed by atoms with van der Waals surface area (Å²) in [6.07, 6.45) is 4.59. The van der Waals surface area contributed by atoms with Crippen molar-refractivity contribution in [3.8, 4) is 0 Å². The van der Waals surface area contributed by atoms with Crippen molar-refractivity contribution in [3.63, 3.8) is 0 Å². The van der Waals surface area contributed by atoms with E-state index in [1.807, 2.05) is 37.3 Å². The van der Waals surface area contributed by atoms with E-state index in [2.05, 4.69) is 0 Å². The van der Waals surface area contributed by atoms with E-state index in [0.717, 1.165) is 7.11 Å². The maximum Gasteiger partial charge on any atom is 0.313 e. The maximum absolute atomic E-state index is 13.1. The quantitative estimate of drug-likeness (QED) is 0.174. The highest BCUT2D eigenvalue weighted by molar-refractivity contribution is 5.74. The van der Waals surface area contributed by atoms with Gasteiger partial charge in [0.15, 0.2) is 12.1 Å². The number of fused-ring (bicyclic) bond motifs is 2. The van der Waals surface area contributed by atoms with Gasteiger partial charge in [-0.05, 0) is 33.1 Å². The molecular weight excluding hydrogens is 863 g/mol. The van der Waals surface area contributed by atoms with Crippen LogP contribution < -0.4 is 5.73 Å². The first kappa shape index (κ1) is 56.9. The number of rotatable bonds is 3. The van der Waals surface area contributed by atoms with Crippen LogP contribution in [0.25, 0.3) is 0 Å². The lowest BCUT2D eigenvalue weighted by Gasteiger charge is -2.45. The number of allylic oxidation sites excluding steroid dienone is 12. The predicted octanol–water partition coefficient (Wildman–Crippen LogP) is 0.800. The molecule has 3 aliphatic heterocycles. The minimum atomic E-state index is -2.23. The summed E-state index contributed by atoms with van der Waals surface area (Å²) in [5, 5.41) is 109. The van der Waals surface area contributed by atoms with Gasteiger partial charge < -0.3 is 80.5 Å². The summed E-state index contributed by atoms with van der Waals surface area (Å²) in [4.78, 5) is 25.7. The van der Waals surface area contributed by atoms with E-state index in [1.54, 1.807) is 75.5 Å². The van der Waals surface area contributed by atoms with Crippen molar-refractivity contribution in [1.29, 1.82) is 0 Å². The Morgan fingerprint density at radius 1 is 0.667 bits per heavy atom. The van der Waals surface area contributed by atoms with Crippen molar-refractivity contribution in [3.05, 3.63) is 85.1 Å². The summed E-state index contributed by atoms with van der Waals surface area (Å²) in [5.74, 6) is -5.93. The Labute approximate surface area is 387 Å². The van der Waals surface area contributed by atoms with E-state index in [9.17, 15) is 60.7 Å². The highest BCUT2D eigenvalue weighted by Gasteiger charge is 2.51. The third-order valence-corrected chi connectivity index (χ3v) is 12.2. The number of aliphatic hydroxyl groups is 10. The molecule has 0 spiro atoms. The second-order valence-corrected chi connectivity index (χ2v) is 17.8. The summed E-state index contributed by atoms with van der Waals surface area (Å²) in [7, 11) is 1.12. The fourth-order valence-electron chi connectivity index (χ4n) is 8.09. The average molecular weight is 938 g/mol. The molecule has 0 saturated carbocycles. The topological polar surface area (TPSA) is 309 Å². The number of aliphatic hydroxyl groups excluding tert-OH is 9. The molecule has 2 saturated heterocycles. The van der Waals surface area contributed by atoms with Gasteiger partial charge in [0.2, 0.25) is 0 Å². The number of ether oxygens (including phenoxy) is 5. The lowest BCUT2D eigenvalue weighted by molar-refractivity contribution is -0.308. The van der Waals surface area contributed by atoms with Gasteiger partial charge in [-0.2, -0.15) is 0 Å². The zero-order valence-corrected chi connectivity index (χ0v) is 38.5. The maximum atomic E-state index is 13.1. The van der Waals surface area contributed by atoms with Gasteiger partial charge in [0, 0.05) is 37.5 Å². The number of methoxy groups -OCH3 is 1. The third kappa shape index (κ3) is 18.6. The molecular formula is C48H75NO17. The number of hydrogen-bond acceptors (Lipinski definition) is 18. The van der Waals surface area contributed by atoms with E-state index in [1.165, 1.54) is 0 Å². The largest absolute Gasteiger partial charge is 0.469 e. The standard InChI is InChI=1S/C48H75NO17/c1-28-18-16-14-12-10-8-6-7-9-11-13-15-17-19-35(65-47-45(59)42(49)44(58)31(4)64-47)25-39-41(46(60)62-5)38(55)27-48(61,66-39)26-34(52)22-32(50)20-21-36(53)37(54)23-33(51)24-40(56)63-30(3)29(2)43(28)57/h6-19,28-39,41-45,47,50-55,57-59,61H,20-27,49H2,1-5H3/b7-6-,10-8-,11-9-,14-12-,15-13-,18-16-,19-17-/t28-,29+,30-,31+,32-,33+,34-,35-,36-,37-,38-,39-,41+,42-,43+,44+,45-,47-,48+/m0/s1. The van der Waals surface area contributed by atoms with Gasteiger partial charge in [-0.3, -0.25) is 9.59 Å². The van der Waals surface area contributed by atoms with Crippen molar-refractivity contribution in [1.82, 2.24) is 0 Å². The van der Waals surface area contributed by atoms with E-state index in [0.29, 0.717) is 0 Å². The Hall–Kier alpha value is -3.44. The van der Waals surface area contributed by atoms with E-state index in [-0.39, 0.29) is 38.0 Å². The highest BCUT2D eigenvalue weighted by Crippen LogP contribution is 2.38. The highest BCUT2D eigenvalue weighted by atomic mass is 16.7. The fraction of sp³-hybridized carbons (Fsp3) is 0.667. The van der Waals surface area contributed by atoms with Gasteiger partial charge in [-0.25, -0.2) is 0 Å². The molecule has 3 heterocycles. The Morgan fingerprint density at radius 3 is 1.83 bits per heavy atom. The molecule has 0 aromatic rings. The Balaban J connectivity index is 1.88. The van der Waals surface area contributed by atoms with Crippen LogP contribution in [-0.4, -0.2) is 168 Å². The van der Waals surface area contributed by atoms with Gasteiger partial charge in [0.05, 0.1) is 86.7 Å². The normalized spacial score (nSPS) is 44.9. The second-order valence-electron chi connectivity index (χ2n) is 17.8. The molecule has 0 unspecified atom stereocenters. The first-order valence-corrected chi connectivity index (χ1v) is 22.7. The van der Waals surface area contributed by atoms with Crippen LogP contribution in [0.5, 0.6) is 0 Å². The molecule has 18 nitrogen and oxygen atoms in total. The average Bonchev–Trinajstić information content (AvgIpc) is 3.24. The zero-order valence-electron chi connectivity index (χ0n) is 38.5. The molecule has 0 aromatic heterocycles. The molecule has 0 amide bonds. The summed E-state index contributed by atoms with van der Waals surface area (Å²) in [5.41, 5.74) is 6.05. The minimum Gasteiger partial charge on any atom is -0.469 e. The summed E-state index contributed by atoms with van der Waals surface area (Å²) in [6, 6.07) is -1.12. The van der Waals surface area contributed by atoms with E-state index >= 15 is 0 Å². The monoisotopic (exact) mass is 938 g/mol. The van der Waals surface area contributed by atoms with Crippen molar-refractivity contribution >= 4 is 11.9 Å². The summed E-state index contributed by atoms with van der Waals surface area (Å²) in [6.45, 7) is 6.76. The molecule has 0 aromatic carbocycles. The number of cyclic esters (lactones) is 1. The van der Waals surface area contributed by atoms with Crippen LogP contribution in [-0.2, 0) is 33.3 Å². The van der Waals surface area contributed by atoms with Crippen LogP contribution in [0.1, 0.15) is 79.1 Å². The number of hydrogen-bond donors (Lipinski definition) is 11. The lowest BCUT2D eigenvalue weighted by Crippen LogP contribution is -2.61. The van der Waals surface area contributed by atoms with Crippen LogP contribution in [0, 0.1) is 17.8 Å². The van der Waals surface area contributed by atoms with Crippen LogP contribution in [0.15, 0.2) is 85.1 Å². The van der Waals surface area contributed by atoms with Crippen LogP contribution in [0.4, 0.5) is 0 Å². The number of carbonyl (C=O) groups excluding carboxylic acids is 2. The predicted molar refractivity (Wildman–Crippen MR) is 241 cm³/mol. The molecule has 12 N–H and O–H groups in total. The molecule has 19 atom stereocenters. The first-order chi connectivity index (χ1) is 31.2. The van der Waals surface area contributed by atoms with Crippen molar-refractivity contribution in [2.45, 2.75) is 177 Å². The fourth-order valence-corrected chi connectivity index (χ4v) is 8.09. The smallest absolute Gasteiger partial charge is 0.313 e. The number of nitrogens with two attached hydrogens (primary N) is 1. The molecule has 0 radical (unpaired) electrons. The summed E-state index contributed by atoms with van der Waals surface area (Å²) < 4.78 is 28.4. The van der Waals surface area contributed by atoms with E-state index < -0.39 is 141 Å². The van der Waals surface area contributed by atoms with Gasteiger partial charge in [0.1, 0.15) is 18.1 Å². The minimum absolute atomic E-state index is 0.123. The molecule has 2 bridgehead atoms. The number of carbonyl (C=O) groups is 2. The molecule has 3 rings (SSSR count).